The van der Waals surface area contributed by atoms with Crippen molar-refractivity contribution in [3.8, 4) is 28.7 Å². The predicted molar refractivity (Wildman–Crippen MR) is 141 cm³/mol. The predicted octanol–water partition coefficient (Wildman–Crippen LogP) is 3.33. The van der Waals surface area contributed by atoms with Crippen molar-refractivity contribution >= 4 is 29.4 Å². The molecule has 40 heavy (non-hydrogen) atoms. The molecule has 0 aliphatic carbocycles. The molecular formula is C29H26N2O9. The molecule has 5 rings (SSSR count). The Morgan fingerprint density at radius 1 is 0.925 bits per heavy atom. The lowest BCUT2D eigenvalue weighted by atomic mass is 10.1. The molecule has 0 N–H and O–H groups in total. The highest BCUT2D eigenvalue weighted by atomic mass is 16.7. The van der Waals surface area contributed by atoms with Gasteiger partial charge in [0.15, 0.2) is 23.0 Å². The molecule has 0 saturated carbocycles. The van der Waals surface area contributed by atoms with Crippen LogP contribution in [-0.2, 0) is 20.9 Å². The van der Waals surface area contributed by atoms with Gasteiger partial charge >= 0.3 is 5.97 Å². The van der Waals surface area contributed by atoms with Gasteiger partial charge in [-0.25, -0.2) is 4.90 Å². The Balaban J connectivity index is 1.48. The van der Waals surface area contributed by atoms with E-state index in [4.69, 9.17) is 23.7 Å². The highest BCUT2D eigenvalue weighted by molar-refractivity contribution is 6.23. The van der Waals surface area contributed by atoms with Crippen molar-refractivity contribution in [2.24, 2.45) is 0 Å². The third-order valence-electron chi connectivity index (χ3n) is 6.54. The van der Waals surface area contributed by atoms with Crippen LogP contribution in [0.25, 0.3) is 0 Å². The summed E-state index contributed by atoms with van der Waals surface area (Å²) in [5.41, 5.74) is 1.24. The Kier molecular flexibility index (Phi) is 7.28. The first-order valence-electron chi connectivity index (χ1n) is 12.4. The fraction of sp³-hybridized carbons (Fsp3) is 0.241. The molecule has 3 amide bonds. The molecule has 3 aromatic carbocycles. The number of nitrogens with zero attached hydrogens (tertiary/aromatic N) is 2. The summed E-state index contributed by atoms with van der Waals surface area (Å²) in [4.78, 5) is 54.4. The largest absolute Gasteiger partial charge is 0.493 e. The third-order valence-corrected chi connectivity index (χ3v) is 6.54. The normalized spacial score (nSPS) is 15.7. The summed E-state index contributed by atoms with van der Waals surface area (Å²) in [7, 11) is 2.95. The summed E-state index contributed by atoms with van der Waals surface area (Å²) in [5, 5.41) is 0. The first kappa shape index (κ1) is 26.5. The maximum atomic E-state index is 13.9. The molecule has 0 radical (unpaired) electrons. The van der Waals surface area contributed by atoms with Gasteiger partial charge in [-0.1, -0.05) is 6.07 Å². The van der Waals surface area contributed by atoms with E-state index in [1.54, 1.807) is 30.3 Å². The minimum absolute atomic E-state index is 0.0206. The number of benzene rings is 3. The minimum Gasteiger partial charge on any atom is -0.493 e. The van der Waals surface area contributed by atoms with Gasteiger partial charge in [0, 0.05) is 19.0 Å². The Labute approximate surface area is 229 Å². The van der Waals surface area contributed by atoms with Crippen molar-refractivity contribution in [2.75, 3.05) is 25.9 Å². The van der Waals surface area contributed by atoms with Crippen LogP contribution in [0.4, 0.5) is 5.69 Å². The van der Waals surface area contributed by atoms with Crippen molar-refractivity contribution in [3.05, 3.63) is 71.8 Å². The molecular weight excluding hydrogens is 520 g/mol. The summed E-state index contributed by atoms with van der Waals surface area (Å²) in [5.74, 6) is 0.185. The van der Waals surface area contributed by atoms with Crippen molar-refractivity contribution < 1.29 is 42.9 Å². The van der Waals surface area contributed by atoms with Gasteiger partial charge in [0.05, 0.1) is 26.3 Å². The summed E-state index contributed by atoms with van der Waals surface area (Å²) in [6.07, 6.45) is -0.214. The van der Waals surface area contributed by atoms with Gasteiger partial charge in [-0.3, -0.25) is 19.2 Å². The van der Waals surface area contributed by atoms with Crippen LogP contribution in [0.2, 0.25) is 0 Å². The van der Waals surface area contributed by atoms with Gasteiger partial charge in [0.25, 0.3) is 11.8 Å². The van der Waals surface area contributed by atoms with Crippen LogP contribution >= 0.6 is 0 Å². The summed E-state index contributed by atoms with van der Waals surface area (Å²) >= 11 is 0. The van der Waals surface area contributed by atoms with Crippen molar-refractivity contribution in [1.82, 2.24) is 4.90 Å². The molecule has 0 aromatic heterocycles. The fourth-order valence-electron chi connectivity index (χ4n) is 4.65. The lowest BCUT2D eigenvalue weighted by Gasteiger charge is -2.28. The number of carbonyl (C=O) groups excluding carboxylic acids is 4. The van der Waals surface area contributed by atoms with Crippen molar-refractivity contribution in [3.63, 3.8) is 0 Å². The number of hydrogen-bond acceptors (Lipinski definition) is 9. The maximum Gasteiger partial charge on any atom is 0.308 e. The lowest BCUT2D eigenvalue weighted by Crippen LogP contribution is -2.45. The highest BCUT2D eigenvalue weighted by Gasteiger charge is 2.44. The zero-order valence-corrected chi connectivity index (χ0v) is 22.0. The molecule has 2 aliphatic rings. The maximum absolute atomic E-state index is 13.9. The Hall–Kier alpha value is -5.06. The topological polar surface area (TPSA) is 121 Å². The van der Waals surface area contributed by atoms with E-state index < -0.39 is 29.7 Å². The van der Waals surface area contributed by atoms with Gasteiger partial charge < -0.3 is 28.6 Å². The number of fused-ring (bicyclic) bond motifs is 1. The molecule has 1 unspecified atom stereocenters. The van der Waals surface area contributed by atoms with E-state index in [-0.39, 0.29) is 31.1 Å². The van der Waals surface area contributed by atoms with Crippen LogP contribution in [0.1, 0.15) is 29.3 Å². The molecule has 11 nitrogen and oxygen atoms in total. The Morgan fingerprint density at radius 3 is 2.35 bits per heavy atom. The van der Waals surface area contributed by atoms with Gasteiger partial charge in [0.1, 0.15) is 11.8 Å². The lowest BCUT2D eigenvalue weighted by molar-refractivity contribution is -0.132. The van der Waals surface area contributed by atoms with Crippen molar-refractivity contribution in [2.45, 2.75) is 25.9 Å². The fourth-order valence-corrected chi connectivity index (χ4v) is 4.65. The van der Waals surface area contributed by atoms with Gasteiger partial charge in [-0.15, -0.1) is 0 Å². The second kappa shape index (κ2) is 11.0. The van der Waals surface area contributed by atoms with Gasteiger partial charge in [-0.2, -0.15) is 0 Å². The van der Waals surface area contributed by atoms with E-state index in [1.807, 2.05) is 0 Å². The first-order chi connectivity index (χ1) is 19.3. The van der Waals surface area contributed by atoms with E-state index in [0.29, 0.717) is 34.2 Å². The van der Waals surface area contributed by atoms with Crippen LogP contribution in [0.3, 0.4) is 0 Å². The standard InChI is InChI=1S/C29H26N2O9/c1-17(32)40-21-8-6-20(7-9-21)31-27(33)14-22(29(31)35)30(15-18-4-10-24-26(12-18)39-16-38-24)28(34)19-5-11-23(36-2)25(13-19)37-3/h4-13,22H,14-16H2,1-3H3. The van der Waals surface area contributed by atoms with E-state index in [9.17, 15) is 19.2 Å². The average molecular weight is 547 g/mol. The highest BCUT2D eigenvalue weighted by Crippen LogP contribution is 2.35. The van der Waals surface area contributed by atoms with Crippen LogP contribution in [0, 0.1) is 0 Å². The summed E-state index contributed by atoms with van der Waals surface area (Å²) in [6.45, 7) is 1.39. The second-order valence-corrected chi connectivity index (χ2v) is 9.07. The van der Waals surface area contributed by atoms with Gasteiger partial charge in [0.2, 0.25) is 12.7 Å². The summed E-state index contributed by atoms with van der Waals surface area (Å²) in [6, 6.07) is 14.9. The Bertz CT molecular complexity index is 1490. The van der Waals surface area contributed by atoms with Crippen molar-refractivity contribution in [1.29, 1.82) is 0 Å². The van der Waals surface area contributed by atoms with Crippen LogP contribution in [0.5, 0.6) is 28.7 Å². The number of anilines is 1. The number of hydrogen-bond donors (Lipinski definition) is 0. The van der Waals surface area contributed by atoms with Crippen LogP contribution < -0.4 is 28.6 Å². The molecule has 11 heteroatoms. The molecule has 206 valence electrons. The number of ether oxygens (including phenoxy) is 5. The molecule has 2 heterocycles. The number of methoxy groups -OCH3 is 2. The number of esters is 1. The quantitative estimate of drug-likeness (QED) is 0.238. The van der Waals surface area contributed by atoms with E-state index in [2.05, 4.69) is 0 Å². The monoisotopic (exact) mass is 546 g/mol. The number of amides is 3. The first-order valence-corrected chi connectivity index (χ1v) is 12.4. The average Bonchev–Trinajstić information content (AvgIpc) is 3.54. The van der Waals surface area contributed by atoms with Crippen LogP contribution in [-0.4, -0.2) is 55.6 Å². The second-order valence-electron chi connectivity index (χ2n) is 9.07. The molecule has 1 atom stereocenters. The molecule has 1 saturated heterocycles. The molecule has 1 fully saturated rings. The molecule has 2 aliphatic heterocycles. The molecule has 0 bridgehead atoms. The third kappa shape index (κ3) is 5.13. The molecule has 0 spiro atoms. The van der Waals surface area contributed by atoms with Gasteiger partial charge in [-0.05, 0) is 60.2 Å². The number of carbonyl (C=O) groups is 4. The molecule has 3 aromatic rings. The van der Waals surface area contributed by atoms with E-state index in [1.165, 1.54) is 56.4 Å². The SMILES string of the molecule is COc1ccc(C(=O)N(Cc2ccc3c(c2)OCO3)C2CC(=O)N(c3ccc(OC(C)=O)cc3)C2=O)cc1OC. The van der Waals surface area contributed by atoms with Crippen LogP contribution in [0.15, 0.2) is 60.7 Å². The smallest absolute Gasteiger partial charge is 0.308 e. The number of rotatable bonds is 8. The van der Waals surface area contributed by atoms with E-state index >= 15 is 0 Å². The minimum atomic E-state index is -1.08. The van der Waals surface area contributed by atoms with E-state index in [0.717, 1.165) is 4.90 Å². The zero-order chi connectivity index (χ0) is 28.4. The zero-order valence-electron chi connectivity index (χ0n) is 22.0. The number of imide groups is 1. The summed E-state index contributed by atoms with van der Waals surface area (Å²) < 4.78 is 26.5. The Morgan fingerprint density at radius 2 is 1.65 bits per heavy atom.